The van der Waals surface area contributed by atoms with E-state index in [2.05, 4.69) is 10.2 Å². The molecule has 2 aromatic rings. The molecule has 0 unspecified atom stereocenters. The molecule has 0 aliphatic carbocycles. The summed E-state index contributed by atoms with van der Waals surface area (Å²) in [6.07, 6.45) is 1.37. The van der Waals surface area contributed by atoms with Crippen LogP contribution in [0.5, 0.6) is 0 Å². The number of hydrogen-bond donors (Lipinski definition) is 0. The van der Waals surface area contributed by atoms with Gasteiger partial charge in [0, 0.05) is 24.8 Å². The number of carbonyl (C=O) groups excluding carboxylic acids is 1. The summed E-state index contributed by atoms with van der Waals surface area (Å²) in [4.78, 5) is 11.6. The molecule has 0 aliphatic heterocycles. The SMILES string of the molecule is Cc1nnc(-c2ccc(CCC(=O)C(C)C)cc2)o1. The quantitative estimate of drug-likeness (QED) is 0.826. The summed E-state index contributed by atoms with van der Waals surface area (Å²) in [5.74, 6) is 1.50. The number of rotatable bonds is 5. The third-order valence-electron chi connectivity index (χ3n) is 3.03. The molecule has 1 aromatic carbocycles. The van der Waals surface area contributed by atoms with Crippen LogP contribution in [0.3, 0.4) is 0 Å². The summed E-state index contributed by atoms with van der Waals surface area (Å²) in [5.41, 5.74) is 2.05. The molecule has 0 saturated carbocycles. The summed E-state index contributed by atoms with van der Waals surface area (Å²) < 4.78 is 5.36. The predicted octanol–water partition coefficient (Wildman–Crippen LogP) is 3.20. The van der Waals surface area contributed by atoms with E-state index in [0.717, 1.165) is 17.5 Å². The van der Waals surface area contributed by atoms with Crippen LogP contribution < -0.4 is 0 Å². The molecule has 0 N–H and O–H groups in total. The predicted molar refractivity (Wildman–Crippen MR) is 72.6 cm³/mol. The summed E-state index contributed by atoms with van der Waals surface area (Å²) in [7, 11) is 0. The average Bonchev–Trinajstić information content (AvgIpc) is 2.83. The van der Waals surface area contributed by atoms with E-state index >= 15 is 0 Å². The minimum absolute atomic E-state index is 0.112. The maximum Gasteiger partial charge on any atom is 0.247 e. The van der Waals surface area contributed by atoms with E-state index in [1.54, 1.807) is 6.92 Å². The molecule has 0 saturated heterocycles. The molecule has 4 nitrogen and oxygen atoms in total. The topological polar surface area (TPSA) is 56.0 Å². The van der Waals surface area contributed by atoms with Crippen LogP contribution in [0.1, 0.15) is 31.7 Å². The highest BCUT2D eigenvalue weighted by Gasteiger charge is 2.08. The number of aryl methyl sites for hydroxylation is 2. The van der Waals surface area contributed by atoms with Crippen LogP contribution in [-0.4, -0.2) is 16.0 Å². The molecular formula is C15H18N2O2. The molecule has 0 bridgehead atoms. The Hall–Kier alpha value is -1.97. The van der Waals surface area contributed by atoms with Crippen molar-refractivity contribution in [3.63, 3.8) is 0 Å². The summed E-state index contributed by atoms with van der Waals surface area (Å²) in [6.45, 7) is 5.63. The minimum atomic E-state index is 0.112. The van der Waals surface area contributed by atoms with Crippen LogP contribution in [0.4, 0.5) is 0 Å². The molecule has 0 atom stereocenters. The zero-order valence-corrected chi connectivity index (χ0v) is 11.5. The Morgan fingerprint density at radius 1 is 1.21 bits per heavy atom. The lowest BCUT2D eigenvalue weighted by molar-refractivity contribution is -0.121. The number of ketones is 1. The minimum Gasteiger partial charge on any atom is -0.421 e. The zero-order valence-electron chi connectivity index (χ0n) is 11.5. The van der Waals surface area contributed by atoms with E-state index in [4.69, 9.17) is 4.42 Å². The van der Waals surface area contributed by atoms with Gasteiger partial charge in [0.15, 0.2) is 0 Å². The van der Waals surface area contributed by atoms with Crippen molar-refractivity contribution in [1.29, 1.82) is 0 Å². The van der Waals surface area contributed by atoms with Gasteiger partial charge in [-0.05, 0) is 24.1 Å². The second-order valence-corrected chi connectivity index (χ2v) is 4.94. The van der Waals surface area contributed by atoms with Gasteiger partial charge in [-0.2, -0.15) is 0 Å². The highest BCUT2D eigenvalue weighted by Crippen LogP contribution is 2.18. The first kappa shape index (κ1) is 13.5. The first-order valence-corrected chi connectivity index (χ1v) is 6.48. The molecule has 4 heteroatoms. The average molecular weight is 258 g/mol. The number of Topliss-reactive ketones (excluding diaryl/α,β-unsaturated/α-hetero) is 1. The molecule has 1 aromatic heterocycles. The molecule has 0 spiro atoms. The highest BCUT2D eigenvalue weighted by atomic mass is 16.4. The number of carbonyl (C=O) groups is 1. The van der Waals surface area contributed by atoms with Crippen LogP contribution in [0.15, 0.2) is 28.7 Å². The van der Waals surface area contributed by atoms with Crippen molar-refractivity contribution >= 4 is 5.78 Å². The molecule has 0 radical (unpaired) electrons. The van der Waals surface area contributed by atoms with Crippen LogP contribution in [0, 0.1) is 12.8 Å². The Morgan fingerprint density at radius 2 is 1.89 bits per heavy atom. The van der Waals surface area contributed by atoms with E-state index in [1.807, 2.05) is 38.1 Å². The van der Waals surface area contributed by atoms with Crippen molar-refractivity contribution in [2.45, 2.75) is 33.6 Å². The van der Waals surface area contributed by atoms with Crippen molar-refractivity contribution in [2.24, 2.45) is 5.92 Å². The fraction of sp³-hybridized carbons (Fsp3) is 0.400. The summed E-state index contributed by atoms with van der Waals surface area (Å²) in [5, 5.41) is 7.78. The molecule has 0 fully saturated rings. The molecule has 0 aliphatic rings. The van der Waals surface area contributed by atoms with Gasteiger partial charge in [-0.15, -0.1) is 10.2 Å². The maximum absolute atomic E-state index is 11.6. The van der Waals surface area contributed by atoms with E-state index in [9.17, 15) is 4.79 Å². The lowest BCUT2D eigenvalue weighted by Crippen LogP contribution is -2.07. The van der Waals surface area contributed by atoms with Crippen LogP contribution in [0.2, 0.25) is 0 Å². The first-order chi connectivity index (χ1) is 9.06. The van der Waals surface area contributed by atoms with Crippen LogP contribution in [0.25, 0.3) is 11.5 Å². The normalized spacial score (nSPS) is 10.9. The van der Waals surface area contributed by atoms with Gasteiger partial charge in [0.25, 0.3) is 0 Å². The second-order valence-electron chi connectivity index (χ2n) is 4.94. The van der Waals surface area contributed by atoms with E-state index < -0.39 is 0 Å². The van der Waals surface area contributed by atoms with Gasteiger partial charge < -0.3 is 4.42 Å². The fourth-order valence-electron chi connectivity index (χ4n) is 1.78. The van der Waals surface area contributed by atoms with Gasteiger partial charge in [-0.25, -0.2) is 0 Å². The van der Waals surface area contributed by atoms with Gasteiger partial charge in [-0.3, -0.25) is 4.79 Å². The Kier molecular flexibility index (Phi) is 4.10. The van der Waals surface area contributed by atoms with Gasteiger partial charge in [0.05, 0.1) is 0 Å². The number of hydrogen-bond acceptors (Lipinski definition) is 4. The first-order valence-electron chi connectivity index (χ1n) is 6.48. The number of nitrogens with zero attached hydrogens (tertiary/aromatic N) is 2. The third kappa shape index (κ3) is 3.50. The maximum atomic E-state index is 11.6. The fourth-order valence-corrected chi connectivity index (χ4v) is 1.78. The largest absolute Gasteiger partial charge is 0.421 e. The smallest absolute Gasteiger partial charge is 0.247 e. The van der Waals surface area contributed by atoms with Gasteiger partial charge in [-0.1, -0.05) is 26.0 Å². The van der Waals surface area contributed by atoms with Crippen molar-refractivity contribution in [2.75, 3.05) is 0 Å². The van der Waals surface area contributed by atoms with Gasteiger partial charge >= 0.3 is 0 Å². The second kappa shape index (κ2) is 5.78. The number of benzene rings is 1. The van der Waals surface area contributed by atoms with Crippen LogP contribution >= 0.6 is 0 Å². The van der Waals surface area contributed by atoms with Crippen molar-refractivity contribution < 1.29 is 9.21 Å². The number of aromatic nitrogens is 2. The van der Waals surface area contributed by atoms with Crippen molar-refractivity contribution in [1.82, 2.24) is 10.2 Å². The Balaban J connectivity index is 2.01. The third-order valence-corrected chi connectivity index (χ3v) is 3.03. The highest BCUT2D eigenvalue weighted by molar-refractivity contribution is 5.80. The van der Waals surface area contributed by atoms with Crippen LogP contribution in [-0.2, 0) is 11.2 Å². The summed E-state index contributed by atoms with van der Waals surface area (Å²) >= 11 is 0. The van der Waals surface area contributed by atoms with E-state index in [0.29, 0.717) is 24.0 Å². The Labute approximate surface area is 112 Å². The van der Waals surface area contributed by atoms with Crippen molar-refractivity contribution in [3.8, 4) is 11.5 Å². The molecule has 100 valence electrons. The monoisotopic (exact) mass is 258 g/mol. The lowest BCUT2D eigenvalue weighted by Gasteiger charge is -2.04. The Morgan fingerprint density at radius 3 is 2.42 bits per heavy atom. The lowest BCUT2D eigenvalue weighted by atomic mass is 10.0. The van der Waals surface area contributed by atoms with Gasteiger partial charge in [0.2, 0.25) is 11.8 Å². The molecule has 1 heterocycles. The summed E-state index contributed by atoms with van der Waals surface area (Å²) in [6, 6.07) is 7.90. The molecule has 0 amide bonds. The standard InChI is InChI=1S/C15H18N2O2/c1-10(2)14(18)9-6-12-4-7-13(8-5-12)15-17-16-11(3)19-15/h4-5,7-8,10H,6,9H2,1-3H3. The molecule has 2 rings (SSSR count). The Bertz CT molecular complexity index is 556. The molecular weight excluding hydrogens is 240 g/mol. The van der Waals surface area contributed by atoms with E-state index in [-0.39, 0.29) is 5.92 Å². The van der Waals surface area contributed by atoms with Gasteiger partial charge in [0.1, 0.15) is 5.78 Å². The van der Waals surface area contributed by atoms with Crippen molar-refractivity contribution in [3.05, 3.63) is 35.7 Å². The van der Waals surface area contributed by atoms with E-state index in [1.165, 1.54) is 0 Å². The molecule has 19 heavy (non-hydrogen) atoms. The zero-order chi connectivity index (χ0) is 13.8.